The van der Waals surface area contributed by atoms with Gasteiger partial charge in [0.05, 0.1) is 12.8 Å². The number of aromatic amines is 1. The number of rotatable bonds is 3. The molecule has 0 atom stereocenters. The van der Waals surface area contributed by atoms with Gasteiger partial charge >= 0.3 is 0 Å². The Morgan fingerprint density at radius 3 is 2.62 bits per heavy atom. The molecule has 112 valence electrons. The molecule has 1 aromatic carbocycles. The number of aliphatic hydroxyl groups excluding tert-OH is 1. The molecule has 0 aliphatic carbocycles. The van der Waals surface area contributed by atoms with Crippen LogP contribution in [-0.4, -0.2) is 44.0 Å². The molecule has 5 nitrogen and oxygen atoms in total. The standard InChI is InChI=1S/C15H20N4OS/c1-11-2-4-12(5-3-11)14-16-15(21)19(17-14)10-18-8-6-13(20)7-9-18/h2-5,13,20H,6-10H2,1H3,(H,16,17,21). The SMILES string of the molecule is Cc1ccc(-c2nc(=S)n(CN3CCC(O)CC3)[nH]2)cc1. The van der Waals surface area contributed by atoms with Crippen LogP contribution in [0.1, 0.15) is 18.4 Å². The summed E-state index contributed by atoms with van der Waals surface area (Å²) in [6, 6.07) is 8.23. The molecule has 0 bridgehead atoms. The van der Waals surface area contributed by atoms with Gasteiger partial charge in [-0.25, -0.2) is 4.68 Å². The number of piperidine rings is 1. The van der Waals surface area contributed by atoms with Crippen LogP contribution in [-0.2, 0) is 6.67 Å². The summed E-state index contributed by atoms with van der Waals surface area (Å²) in [6.07, 6.45) is 1.50. The van der Waals surface area contributed by atoms with Gasteiger partial charge in [0, 0.05) is 18.7 Å². The van der Waals surface area contributed by atoms with Crippen LogP contribution < -0.4 is 0 Å². The van der Waals surface area contributed by atoms with Gasteiger partial charge in [0.2, 0.25) is 4.77 Å². The molecule has 0 radical (unpaired) electrons. The summed E-state index contributed by atoms with van der Waals surface area (Å²) in [5.41, 5.74) is 2.27. The molecule has 0 saturated carbocycles. The van der Waals surface area contributed by atoms with Crippen LogP contribution in [0.15, 0.2) is 24.3 Å². The zero-order chi connectivity index (χ0) is 14.8. The van der Waals surface area contributed by atoms with Crippen molar-refractivity contribution in [3.63, 3.8) is 0 Å². The number of hydrogen-bond acceptors (Lipinski definition) is 4. The Morgan fingerprint density at radius 1 is 1.29 bits per heavy atom. The Hall–Kier alpha value is -1.50. The zero-order valence-electron chi connectivity index (χ0n) is 12.1. The quantitative estimate of drug-likeness (QED) is 0.855. The third-order valence-corrected chi connectivity index (χ3v) is 4.21. The number of likely N-dealkylation sites (tertiary alicyclic amines) is 1. The fraction of sp³-hybridized carbons (Fsp3) is 0.467. The van der Waals surface area contributed by atoms with E-state index < -0.39 is 0 Å². The van der Waals surface area contributed by atoms with E-state index in [4.69, 9.17) is 12.2 Å². The number of aromatic nitrogens is 3. The topological polar surface area (TPSA) is 57.1 Å². The summed E-state index contributed by atoms with van der Waals surface area (Å²) in [5.74, 6) is 0.803. The molecule has 6 heteroatoms. The van der Waals surface area contributed by atoms with Gasteiger partial charge in [-0.1, -0.05) is 29.8 Å². The van der Waals surface area contributed by atoms with E-state index in [1.807, 2.05) is 16.8 Å². The Morgan fingerprint density at radius 2 is 1.95 bits per heavy atom. The summed E-state index contributed by atoms with van der Waals surface area (Å²) < 4.78 is 2.46. The number of nitrogens with zero attached hydrogens (tertiary/aromatic N) is 3. The van der Waals surface area contributed by atoms with Gasteiger partial charge in [-0.2, -0.15) is 4.98 Å². The first-order valence-corrected chi connectivity index (χ1v) is 7.67. The van der Waals surface area contributed by atoms with Gasteiger partial charge in [0.25, 0.3) is 0 Å². The number of nitrogens with one attached hydrogen (secondary N) is 1. The van der Waals surface area contributed by atoms with Crippen molar-refractivity contribution in [3.05, 3.63) is 34.6 Å². The summed E-state index contributed by atoms with van der Waals surface area (Å²) in [7, 11) is 0. The second kappa shape index (κ2) is 6.09. The third kappa shape index (κ3) is 3.40. The minimum absolute atomic E-state index is 0.154. The largest absolute Gasteiger partial charge is 0.393 e. The predicted octanol–water partition coefficient (Wildman–Crippen LogP) is 2.33. The molecule has 1 fully saturated rings. The predicted molar refractivity (Wildman–Crippen MR) is 84.4 cm³/mol. The van der Waals surface area contributed by atoms with Crippen molar-refractivity contribution in [2.45, 2.75) is 32.5 Å². The molecular weight excluding hydrogens is 284 g/mol. The lowest BCUT2D eigenvalue weighted by Gasteiger charge is -2.29. The molecule has 3 rings (SSSR count). The van der Waals surface area contributed by atoms with Crippen molar-refractivity contribution in [1.82, 2.24) is 19.7 Å². The Bertz CT molecular complexity index is 653. The minimum atomic E-state index is -0.154. The van der Waals surface area contributed by atoms with Crippen LogP contribution in [0.4, 0.5) is 0 Å². The number of benzene rings is 1. The second-order valence-electron chi connectivity index (χ2n) is 5.64. The van der Waals surface area contributed by atoms with Gasteiger partial charge in [0.1, 0.15) is 0 Å². The molecule has 2 N–H and O–H groups in total. The molecule has 1 saturated heterocycles. The highest BCUT2D eigenvalue weighted by atomic mass is 32.1. The van der Waals surface area contributed by atoms with Crippen LogP contribution in [0.3, 0.4) is 0 Å². The van der Waals surface area contributed by atoms with Gasteiger partial charge in [0.15, 0.2) is 5.82 Å². The molecule has 1 aliphatic rings. The first-order valence-electron chi connectivity index (χ1n) is 7.26. The fourth-order valence-electron chi connectivity index (χ4n) is 2.55. The number of H-pyrrole nitrogens is 1. The Kier molecular flexibility index (Phi) is 4.19. The van der Waals surface area contributed by atoms with Gasteiger partial charge in [-0.3, -0.25) is 10.00 Å². The maximum atomic E-state index is 9.55. The molecule has 2 heterocycles. The van der Waals surface area contributed by atoms with E-state index in [9.17, 15) is 5.11 Å². The van der Waals surface area contributed by atoms with Crippen LogP contribution in [0, 0.1) is 11.7 Å². The molecule has 1 aliphatic heterocycles. The molecule has 1 aromatic heterocycles. The summed E-state index contributed by atoms with van der Waals surface area (Å²) in [4.78, 5) is 6.71. The molecule has 0 amide bonds. The molecule has 2 aromatic rings. The second-order valence-corrected chi connectivity index (χ2v) is 6.00. The Labute approximate surface area is 129 Å². The maximum Gasteiger partial charge on any atom is 0.217 e. The highest BCUT2D eigenvalue weighted by molar-refractivity contribution is 7.71. The third-order valence-electron chi connectivity index (χ3n) is 3.90. The highest BCUT2D eigenvalue weighted by Gasteiger charge is 2.17. The average molecular weight is 304 g/mol. The van der Waals surface area contributed by atoms with E-state index in [0.717, 1.165) is 37.3 Å². The van der Waals surface area contributed by atoms with E-state index >= 15 is 0 Å². The Balaban J connectivity index is 1.75. The highest BCUT2D eigenvalue weighted by Crippen LogP contribution is 2.16. The summed E-state index contributed by atoms with van der Waals surface area (Å²) >= 11 is 5.33. The molecule has 0 spiro atoms. The van der Waals surface area contributed by atoms with Crippen molar-refractivity contribution in [3.8, 4) is 11.4 Å². The van der Waals surface area contributed by atoms with Crippen LogP contribution in [0.5, 0.6) is 0 Å². The van der Waals surface area contributed by atoms with Crippen molar-refractivity contribution in [2.75, 3.05) is 13.1 Å². The lowest BCUT2D eigenvalue weighted by molar-refractivity contribution is 0.0651. The van der Waals surface area contributed by atoms with Crippen molar-refractivity contribution >= 4 is 12.2 Å². The lowest BCUT2D eigenvalue weighted by atomic mass is 10.1. The van der Waals surface area contributed by atoms with Crippen LogP contribution >= 0.6 is 12.2 Å². The molecule has 21 heavy (non-hydrogen) atoms. The van der Waals surface area contributed by atoms with Crippen molar-refractivity contribution in [2.24, 2.45) is 0 Å². The summed E-state index contributed by atoms with van der Waals surface area (Å²) in [6.45, 7) is 4.55. The maximum absolute atomic E-state index is 9.55. The monoisotopic (exact) mass is 304 g/mol. The first-order chi connectivity index (χ1) is 10.1. The molecule has 0 unspecified atom stereocenters. The van der Waals surface area contributed by atoms with Crippen LogP contribution in [0.25, 0.3) is 11.4 Å². The summed E-state index contributed by atoms with van der Waals surface area (Å²) in [5, 5.41) is 12.8. The average Bonchev–Trinajstić information content (AvgIpc) is 2.83. The first kappa shape index (κ1) is 14.4. The van der Waals surface area contributed by atoms with Gasteiger partial charge in [-0.15, -0.1) is 0 Å². The lowest BCUT2D eigenvalue weighted by Crippen LogP contribution is -2.37. The van der Waals surface area contributed by atoms with Gasteiger partial charge in [-0.05, 0) is 32.0 Å². The van der Waals surface area contributed by atoms with E-state index in [1.165, 1.54) is 5.56 Å². The number of aliphatic hydroxyl groups is 1. The van der Waals surface area contributed by atoms with Crippen LogP contribution in [0.2, 0.25) is 0 Å². The van der Waals surface area contributed by atoms with Gasteiger partial charge < -0.3 is 5.11 Å². The smallest absolute Gasteiger partial charge is 0.217 e. The minimum Gasteiger partial charge on any atom is -0.393 e. The van der Waals surface area contributed by atoms with Crippen molar-refractivity contribution in [1.29, 1.82) is 0 Å². The van der Waals surface area contributed by atoms with E-state index in [2.05, 4.69) is 34.0 Å². The fourth-order valence-corrected chi connectivity index (χ4v) is 2.75. The zero-order valence-corrected chi connectivity index (χ0v) is 12.9. The normalized spacial score (nSPS) is 17.2. The van der Waals surface area contributed by atoms with E-state index in [0.29, 0.717) is 11.4 Å². The van der Waals surface area contributed by atoms with Crippen molar-refractivity contribution < 1.29 is 5.11 Å². The van der Waals surface area contributed by atoms with E-state index in [-0.39, 0.29) is 6.10 Å². The molecular formula is C15H20N4OS. The number of aryl methyl sites for hydroxylation is 1. The number of hydrogen-bond donors (Lipinski definition) is 2. The van der Waals surface area contributed by atoms with E-state index in [1.54, 1.807) is 0 Å².